The molecule has 0 aliphatic heterocycles. The van der Waals surface area contributed by atoms with Gasteiger partial charge in [0.15, 0.2) is 5.75 Å². The molecule has 0 atom stereocenters. The minimum atomic E-state index is -4.80. The van der Waals surface area contributed by atoms with Crippen LogP contribution in [0, 0.1) is 27.7 Å². The standard InChI is InChI=1S/C49H39N9O9S2.2O3S/c1-27-20-36(12-18-40(27)53-51-35-13-19-41(28(2)21-35)54-58-45-26-39-32(25-47(45)69(65,66)67)6-5-7-46(39)68(62,63)64)52-56-43-22-30(4)44(23-29(43)3)57-55-42-17-10-33-24-34(11-16-38(33)48(42)60)50-49(61)31-8-14-37(59)15-9-31;2*1-4(2)3/h5-26,59-60H,1-4H3,(H,50,61)(H,62,63,64)(H,65,66,67);;. The highest BCUT2D eigenvalue weighted by Crippen LogP contribution is 2.39. The molecule has 0 radical (unpaired) electrons. The smallest absolute Gasteiger partial charge is 0.425 e. The van der Waals surface area contributed by atoms with Crippen molar-refractivity contribution in [1.29, 1.82) is 0 Å². The molecule has 8 rings (SSSR count). The van der Waals surface area contributed by atoms with E-state index in [0.29, 0.717) is 61.7 Å². The summed E-state index contributed by atoms with van der Waals surface area (Å²) < 4.78 is 119. The first kappa shape index (κ1) is 57.1. The van der Waals surface area contributed by atoms with Gasteiger partial charge in [-0.3, -0.25) is 13.9 Å². The third-order valence-electron chi connectivity index (χ3n) is 10.8. The second-order valence-corrected chi connectivity index (χ2v) is 19.8. The first-order valence-corrected chi connectivity index (χ1v) is 26.6. The molecule has 0 saturated heterocycles. The molecule has 1 amide bonds. The molecule has 5 N–H and O–H groups in total. The van der Waals surface area contributed by atoms with E-state index in [2.05, 4.69) is 46.2 Å². The van der Waals surface area contributed by atoms with Crippen LogP contribution >= 0.6 is 0 Å². The predicted octanol–water partition coefficient (Wildman–Crippen LogP) is 12.0. The number of aryl methyl sites for hydroxylation is 4. The van der Waals surface area contributed by atoms with Crippen LogP contribution in [0.1, 0.15) is 32.6 Å². The highest BCUT2D eigenvalue weighted by molar-refractivity contribution is 7.86. The van der Waals surface area contributed by atoms with Crippen LogP contribution in [0.4, 0.5) is 51.2 Å². The Morgan fingerprint density at radius 3 is 1.43 bits per heavy atom. The molecular weight excluding hydrogens is 1080 g/mol. The molecule has 0 fully saturated rings. The number of phenolic OH excluding ortho intramolecular Hbond substituents is 2. The van der Waals surface area contributed by atoms with Gasteiger partial charge in [0.1, 0.15) is 26.9 Å². The molecule has 0 aromatic heterocycles. The fraction of sp³-hybridized carbons (Fsp3) is 0.0816. The number of carbonyl (C=O) groups is 1. The van der Waals surface area contributed by atoms with E-state index in [4.69, 9.17) is 25.3 Å². The monoisotopic (exact) mass is 1120 g/mol. The zero-order valence-electron chi connectivity index (χ0n) is 40.2. The number of hydrogen-bond donors (Lipinski definition) is 5. The number of amides is 1. The van der Waals surface area contributed by atoms with Crippen molar-refractivity contribution in [2.75, 3.05) is 5.32 Å². The number of anilines is 1. The zero-order chi connectivity index (χ0) is 56.4. The van der Waals surface area contributed by atoms with Crippen LogP contribution in [0.2, 0.25) is 0 Å². The zero-order valence-corrected chi connectivity index (χ0v) is 43.5. The van der Waals surface area contributed by atoms with Crippen LogP contribution in [-0.4, -0.2) is 67.3 Å². The number of fused-ring (bicyclic) bond motifs is 2. The summed E-state index contributed by atoms with van der Waals surface area (Å²) >= 11 is 0. The van der Waals surface area contributed by atoms with E-state index in [1.807, 2.05) is 39.0 Å². The normalized spacial score (nSPS) is 11.7. The first-order valence-electron chi connectivity index (χ1n) is 21.7. The third-order valence-corrected chi connectivity index (χ3v) is 12.6. The van der Waals surface area contributed by atoms with Gasteiger partial charge >= 0.3 is 21.2 Å². The number of phenols is 2. The van der Waals surface area contributed by atoms with Crippen molar-refractivity contribution in [1.82, 2.24) is 0 Å². The van der Waals surface area contributed by atoms with Crippen LogP contribution in [0.3, 0.4) is 0 Å². The van der Waals surface area contributed by atoms with E-state index in [-0.39, 0.29) is 39.6 Å². The molecule has 28 heteroatoms. The Bertz CT molecular complexity index is 4220. The second-order valence-electron chi connectivity index (χ2n) is 16.2. The van der Waals surface area contributed by atoms with Crippen LogP contribution in [0.5, 0.6) is 11.5 Å². The molecule has 0 aliphatic rings. The van der Waals surface area contributed by atoms with E-state index in [1.165, 1.54) is 36.4 Å². The topological polar surface area (TPSA) is 380 Å². The lowest BCUT2D eigenvalue weighted by atomic mass is 10.1. The van der Waals surface area contributed by atoms with Crippen LogP contribution in [-0.2, 0) is 41.5 Å². The quantitative estimate of drug-likeness (QED) is 0.0560. The van der Waals surface area contributed by atoms with Gasteiger partial charge in [-0.2, -0.15) is 47.5 Å². The molecule has 0 saturated carbocycles. The van der Waals surface area contributed by atoms with E-state index in [1.54, 1.807) is 67.6 Å². The number of nitrogens with one attached hydrogen (secondary N) is 1. The summed E-state index contributed by atoms with van der Waals surface area (Å²) in [4.78, 5) is 11.6. The Labute approximate surface area is 440 Å². The van der Waals surface area contributed by atoms with Crippen molar-refractivity contribution in [3.05, 3.63) is 161 Å². The summed E-state index contributed by atoms with van der Waals surface area (Å²) in [6.07, 6.45) is 0. The second kappa shape index (κ2) is 24.4. The Balaban J connectivity index is 0.00000112. The molecule has 0 unspecified atom stereocenters. The van der Waals surface area contributed by atoms with Crippen molar-refractivity contribution in [3.8, 4) is 11.5 Å². The first-order chi connectivity index (χ1) is 36.3. The summed E-state index contributed by atoms with van der Waals surface area (Å²) in [5, 5.41) is 59.3. The van der Waals surface area contributed by atoms with Gasteiger partial charge in [0.25, 0.3) is 26.1 Å². The minimum absolute atomic E-state index is 0.0178. The van der Waals surface area contributed by atoms with Gasteiger partial charge in [-0.15, -0.1) is 35.5 Å². The average Bonchev–Trinajstić information content (AvgIpc) is 3.35. The van der Waals surface area contributed by atoms with Gasteiger partial charge < -0.3 is 15.5 Å². The highest BCUT2D eigenvalue weighted by Gasteiger charge is 2.21. The third kappa shape index (κ3) is 15.4. The fourth-order valence-corrected chi connectivity index (χ4v) is 8.46. The average molecular weight is 1120 g/mol. The lowest BCUT2D eigenvalue weighted by molar-refractivity contribution is 0.102. The number of benzene rings is 8. The highest BCUT2D eigenvalue weighted by atomic mass is 32.2. The number of carbonyl (C=O) groups excluding carboxylic acids is 1. The Kier molecular flexibility index (Phi) is 18.1. The largest absolute Gasteiger partial charge is 0.508 e. The Morgan fingerprint density at radius 2 is 0.896 bits per heavy atom. The molecule has 394 valence electrons. The Hall–Kier alpha value is -9.19. The van der Waals surface area contributed by atoms with Crippen molar-refractivity contribution < 1.29 is 66.2 Å². The molecule has 0 bridgehead atoms. The van der Waals surface area contributed by atoms with Gasteiger partial charge in [0.2, 0.25) is 0 Å². The predicted molar refractivity (Wildman–Crippen MR) is 280 cm³/mol. The van der Waals surface area contributed by atoms with Gasteiger partial charge in [-0.05, 0) is 176 Å². The summed E-state index contributed by atoms with van der Waals surface area (Å²) in [7, 11) is -15.7. The van der Waals surface area contributed by atoms with Crippen LogP contribution in [0.25, 0.3) is 21.5 Å². The fourth-order valence-electron chi connectivity index (χ4n) is 7.12. The van der Waals surface area contributed by atoms with Crippen molar-refractivity contribution in [2.45, 2.75) is 37.5 Å². The van der Waals surface area contributed by atoms with E-state index in [9.17, 15) is 40.9 Å². The lowest BCUT2D eigenvalue weighted by Crippen LogP contribution is -2.11. The maximum absolute atomic E-state index is 12.7. The molecule has 0 heterocycles. The lowest BCUT2D eigenvalue weighted by Gasteiger charge is -2.09. The summed E-state index contributed by atoms with van der Waals surface area (Å²) in [6, 6.07) is 34.4. The molecule has 77 heavy (non-hydrogen) atoms. The molecule has 0 spiro atoms. The summed E-state index contributed by atoms with van der Waals surface area (Å²) in [5.41, 5.74) is 6.92. The van der Waals surface area contributed by atoms with Gasteiger partial charge in [0.05, 0.1) is 34.1 Å². The summed E-state index contributed by atoms with van der Waals surface area (Å²) in [5.74, 6) is -0.345. The summed E-state index contributed by atoms with van der Waals surface area (Å²) in [6.45, 7) is 7.32. The molecular formula is C49H39N9O15S4. The molecule has 0 aliphatic carbocycles. The number of hydrogen-bond acceptors (Lipinski definition) is 21. The Morgan fingerprint density at radius 1 is 0.442 bits per heavy atom. The van der Waals surface area contributed by atoms with Crippen LogP contribution in [0.15, 0.2) is 184 Å². The number of azo groups is 4. The van der Waals surface area contributed by atoms with Crippen LogP contribution < -0.4 is 5.32 Å². The number of nitrogens with zero attached hydrogens (tertiary/aromatic N) is 8. The molecule has 8 aromatic carbocycles. The van der Waals surface area contributed by atoms with E-state index < -0.39 is 51.2 Å². The maximum atomic E-state index is 12.7. The number of aromatic hydroxyl groups is 2. The molecule has 24 nitrogen and oxygen atoms in total. The van der Waals surface area contributed by atoms with Gasteiger partial charge in [0, 0.05) is 22.0 Å². The van der Waals surface area contributed by atoms with E-state index in [0.717, 1.165) is 34.9 Å². The van der Waals surface area contributed by atoms with Gasteiger partial charge in [-0.25, -0.2) is 0 Å². The molecule has 8 aromatic rings. The van der Waals surface area contributed by atoms with Crippen molar-refractivity contribution in [2.24, 2.45) is 40.9 Å². The van der Waals surface area contributed by atoms with Crippen molar-refractivity contribution in [3.63, 3.8) is 0 Å². The maximum Gasteiger partial charge on any atom is 0.425 e. The number of rotatable bonds is 12. The SMILES string of the molecule is Cc1cc(N=Nc2cc(C)c(N=Nc3ccc4cc(NC(=O)c5ccc(O)cc5)ccc4c3O)cc2C)ccc1N=Nc1ccc(N=Nc2cc3c(S(=O)(=O)O)cccc3cc2S(=O)(=O)O)c(C)c1.O=S(=O)=O.O=S(=O)=O. The van der Waals surface area contributed by atoms with Crippen molar-refractivity contribution >= 4 is 120 Å². The van der Waals surface area contributed by atoms with Gasteiger partial charge in [-0.1, -0.05) is 18.2 Å². The van der Waals surface area contributed by atoms with E-state index >= 15 is 0 Å². The minimum Gasteiger partial charge on any atom is -0.508 e.